The number of H-pyrrole nitrogens is 1. The molecule has 0 aliphatic rings. The lowest BCUT2D eigenvalue weighted by Gasteiger charge is -1.96. The van der Waals surface area contributed by atoms with Crippen molar-refractivity contribution in [3.8, 4) is 6.07 Å². The van der Waals surface area contributed by atoms with Gasteiger partial charge in [0.05, 0.1) is 17.1 Å². The van der Waals surface area contributed by atoms with Crippen LogP contribution in [0.15, 0.2) is 48.5 Å². The summed E-state index contributed by atoms with van der Waals surface area (Å²) in [6, 6.07) is 18.6. The number of rotatable bonds is 4. The molecule has 1 heterocycles. The Labute approximate surface area is 117 Å². The van der Waals surface area contributed by atoms with Gasteiger partial charge in [-0.3, -0.25) is 0 Å². The molecule has 0 unspecified atom stereocenters. The Bertz CT molecular complexity index is 751. The summed E-state index contributed by atoms with van der Waals surface area (Å²) in [6.07, 6.45) is 2.15. The van der Waals surface area contributed by atoms with E-state index in [0.717, 1.165) is 29.7 Å². The van der Waals surface area contributed by atoms with Gasteiger partial charge in [0.2, 0.25) is 0 Å². The van der Waals surface area contributed by atoms with Gasteiger partial charge in [-0.25, -0.2) is 4.98 Å². The van der Waals surface area contributed by atoms with Crippen molar-refractivity contribution in [1.29, 1.82) is 5.26 Å². The zero-order chi connectivity index (χ0) is 13.8. The lowest BCUT2D eigenvalue weighted by molar-refractivity contribution is 1.01. The number of fused-ring (bicyclic) bond motifs is 1. The number of benzene rings is 2. The summed E-state index contributed by atoms with van der Waals surface area (Å²) in [4.78, 5) is 7.98. The van der Waals surface area contributed by atoms with Crippen molar-refractivity contribution in [3.63, 3.8) is 0 Å². The number of nitrogens with one attached hydrogen (secondary N) is 1. The highest BCUT2D eigenvalue weighted by Gasteiger charge is 2.04. The number of hydrogen-bond acceptors (Lipinski definition) is 2. The number of aryl methyl sites for hydroxylation is 1. The van der Waals surface area contributed by atoms with E-state index in [4.69, 9.17) is 5.26 Å². The second-order valence-corrected chi connectivity index (χ2v) is 4.86. The molecule has 3 rings (SSSR count). The molecule has 0 aliphatic heterocycles. The largest absolute Gasteiger partial charge is 0.342 e. The maximum Gasteiger partial charge on any atom is 0.111 e. The zero-order valence-corrected chi connectivity index (χ0v) is 11.1. The molecule has 0 bridgehead atoms. The Kier molecular flexibility index (Phi) is 3.47. The first-order chi connectivity index (χ1) is 9.85. The van der Waals surface area contributed by atoms with Crippen LogP contribution in [0.1, 0.15) is 23.4 Å². The molecule has 0 saturated heterocycles. The smallest absolute Gasteiger partial charge is 0.111 e. The first-order valence-corrected chi connectivity index (χ1v) is 6.73. The third-order valence-electron chi connectivity index (χ3n) is 3.34. The van der Waals surface area contributed by atoms with Crippen molar-refractivity contribution >= 4 is 11.0 Å². The summed E-state index contributed by atoms with van der Waals surface area (Å²) in [5.74, 6) is 0.976. The van der Waals surface area contributed by atoms with Gasteiger partial charge in [0, 0.05) is 12.8 Å². The predicted octanol–water partition coefficient (Wildman–Crippen LogP) is 3.61. The molecule has 3 heteroatoms. The Hall–Kier alpha value is -2.60. The number of aromatic nitrogens is 2. The van der Waals surface area contributed by atoms with Crippen molar-refractivity contribution < 1.29 is 0 Å². The first-order valence-electron chi connectivity index (χ1n) is 6.73. The maximum atomic E-state index is 8.64. The van der Waals surface area contributed by atoms with Crippen LogP contribution >= 0.6 is 0 Å². The van der Waals surface area contributed by atoms with Gasteiger partial charge in [-0.05, 0) is 29.7 Å². The highest BCUT2D eigenvalue weighted by atomic mass is 14.9. The quantitative estimate of drug-likeness (QED) is 0.780. The summed E-state index contributed by atoms with van der Waals surface area (Å²) in [6.45, 7) is 0. The third-order valence-corrected chi connectivity index (χ3v) is 3.34. The monoisotopic (exact) mass is 261 g/mol. The van der Waals surface area contributed by atoms with Crippen LogP contribution in [0.4, 0.5) is 0 Å². The summed E-state index contributed by atoms with van der Waals surface area (Å²) in [5.41, 5.74) is 4.45. The van der Waals surface area contributed by atoms with Gasteiger partial charge < -0.3 is 4.98 Å². The Morgan fingerprint density at radius 1 is 1.05 bits per heavy atom. The molecule has 20 heavy (non-hydrogen) atoms. The number of hydrogen-bond donors (Lipinski definition) is 1. The lowest BCUT2D eigenvalue weighted by Crippen LogP contribution is -1.89. The Morgan fingerprint density at radius 3 is 2.70 bits per heavy atom. The van der Waals surface area contributed by atoms with E-state index in [1.165, 1.54) is 11.1 Å². The Morgan fingerprint density at radius 2 is 1.90 bits per heavy atom. The predicted molar refractivity (Wildman–Crippen MR) is 79.3 cm³/mol. The number of nitrogens with zero attached hydrogens (tertiary/aromatic N) is 2. The first kappa shape index (κ1) is 12.4. The number of nitriles is 1. The molecule has 0 spiro atoms. The fraction of sp³-hybridized carbons (Fsp3) is 0.176. The molecule has 3 nitrogen and oxygen atoms in total. The second-order valence-electron chi connectivity index (χ2n) is 4.86. The van der Waals surface area contributed by atoms with E-state index < -0.39 is 0 Å². The van der Waals surface area contributed by atoms with Crippen LogP contribution in [-0.4, -0.2) is 9.97 Å². The molecule has 1 N–H and O–H groups in total. The lowest BCUT2D eigenvalue weighted by atomic mass is 10.1. The molecule has 0 aliphatic carbocycles. The molecule has 0 fully saturated rings. The van der Waals surface area contributed by atoms with E-state index in [-0.39, 0.29) is 0 Å². The number of imidazole rings is 1. The molecule has 0 amide bonds. The van der Waals surface area contributed by atoms with Crippen molar-refractivity contribution in [3.05, 3.63) is 65.5 Å². The van der Waals surface area contributed by atoms with Crippen LogP contribution < -0.4 is 0 Å². The highest BCUT2D eigenvalue weighted by Crippen LogP contribution is 2.16. The van der Waals surface area contributed by atoms with Crippen molar-refractivity contribution in [2.24, 2.45) is 0 Å². The van der Waals surface area contributed by atoms with Crippen LogP contribution in [0.3, 0.4) is 0 Å². The van der Waals surface area contributed by atoms with Gasteiger partial charge in [0.1, 0.15) is 5.82 Å². The van der Waals surface area contributed by atoms with E-state index in [9.17, 15) is 0 Å². The third kappa shape index (κ3) is 2.70. The molecule has 98 valence electrons. The second kappa shape index (κ2) is 5.58. The maximum absolute atomic E-state index is 8.64. The van der Waals surface area contributed by atoms with E-state index in [1.54, 1.807) is 0 Å². The molecule has 0 radical (unpaired) electrons. The standard InChI is InChI=1S/C17H15N3/c18-10-4-7-14-8-9-15-16(11-14)20-17(19-15)12-13-5-2-1-3-6-13/h1-3,5-6,8-9,11H,4,7,12H2,(H,19,20). The van der Waals surface area contributed by atoms with Gasteiger partial charge in [-0.15, -0.1) is 0 Å². The van der Waals surface area contributed by atoms with Gasteiger partial charge in [0.15, 0.2) is 0 Å². The SMILES string of the molecule is N#CCCc1ccc2nc(Cc3ccccc3)[nH]c2c1. The average molecular weight is 261 g/mol. The van der Waals surface area contributed by atoms with Crippen molar-refractivity contribution in [2.75, 3.05) is 0 Å². The molecule has 1 aromatic heterocycles. The van der Waals surface area contributed by atoms with Crippen LogP contribution in [0.2, 0.25) is 0 Å². The van der Waals surface area contributed by atoms with Gasteiger partial charge >= 0.3 is 0 Å². The van der Waals surface area contributed by atoms with E-state index in [1.807, 2.05) is 30.3 Å². The molecule has 0 atom stereocenters. The minimum Gasteiger partial charge on any atom is -0.342 e. The average Bonchev–Trinajstić information content (AvgIpc) is 2.87. The minimum atomic E-state index is 0.552. The van der Waals surface area contributed by atoms with E-state index in [2.05, 4.69) is 34.2 Å². The fourth-order valence-electron chi connectivity index (χ4n) is 2.34. The molecule has 2 aromatic carbocycles. The Balaban J connectivity index is 1.85. The number of aromatic amines is 1. The summed E-state index contributed by atoms with van der Waals surface area (Å²) in [5, 5.41) is 8.64. The molecular formula is C17H15N3. The minimum absolute atomic E-state index is 0.552. The summed E-state index contributed by atoms with van der Waals surface area (Å²) in [7, 11) is 0. The molecule has 0 saturated carbocycles. The van der Waals surface area contributed by atoms with Crippen LogP contribution in [0.5, 0.6) is 0 Å². The van der Waals surface area contributed by atoms with Crippen LogP contribution in [0.25, 0.3) is 11.0 Å². The molecular weight excluding hydrogens is 246 g/mol. The summed E-state index contributed by atoms with van der Waals surface area (Å²) >= 11 is 0. The van der Waals surface area contributed by atoms with Gasteiger partial charge in [-0.1, -0.05) is 36.4 Å². The summed E-state index contributed by atoms with van der Waals surface area (Å²) < 4.78 is 0. The molecule has 3 aromatic rings. The van der Waals surface area contributed by atoms with E-state index >= 15 is 0 Å². The zero-order valence-electron chi connectivity index (χ0n) is 11.1. The van der Waals surface area contributed by atoms with Crippen LogP contribution in [0, 0.1) is 11.3 Å². The fourth-order valence-corrected chi connectivity index (χ4v) is 2.34. The van der Waals surface area contributed by atoms with Crippen molar-refractivity contribution in [1.82, 2.24) is 9.97 Å². The highest BCUT2D eigenvalue weighted by molar-refractivity contribution is 5.76. The van der Waals surface area contributed by atoms with Crippen molar-refractivity contribution in [2.45, 2.75) is 19.3 Å². The normalized spacial score (nSPS) is 10.6. The van der Waals surface area contributed by atoms with Gasteiger partial charge in [-0.2, -0.15) is 5.26 Å². The van der Waals surface area contributed by atoms with E-state index in [0.29, 0.717) is 6.42 Å². The topological polar surface area (TPSA) is 52.5 Å². The van der Waals surface area contributed by atoms with Gasteiger partial charge in [0.25, 0.3) is 0 Å². The van der Waals surface area contributed by atoms with Crippen LogP contribution in [-0.2, 0) is 12.8 Å².